The van der Waals surface area contributed by atoms with E-state index in [0.29, 0.717) is 5.69 Å². The molecule has 1 aromatic rings. The highest BCUT2D eigenvalue weighted by molar-refractivity contribution is 5.44. The van der Waals surface area contributed by atoms with Crippen molar-refractivity contribution in [3.05, 3.63) is 39.5 Å². The van der Waals surface area contributed by atoms with Gasteiger partial charge >= 0.3 is 0 Å². The summed E-state index contributed by atoms with van der Waals surface area (Å²) in [5.74, 6) is 5.18. The van der Waals surface area contributed by atoms with Crippen LogP contribution in [0.4, 0.5) is 5.69 Å². The molecule has 0 aliphatic heterocycles. The minimum atomic E-state index is -0.0417. The average molecular weight is 164 g/mol. The van der Waals surface area contributed by atoms with Gasteiger partial charge in [0, 0.05) is 5.56 Å². The third kappa shape index (κ3) is 1.46. The van der Waals surface area contributed by atoms with Gasteiger partial charge in [0.05, 0.1) is 5.69 Å². The molecule has 64 valence electrons. The molecular weight excluding hydrogens is 152 g/mol. The molecule has 0 aliphatic rings. The third-order valence-corrected chi connectivity index (χ3v) is 1.94. The highest BCUT2D eigenvalue weighted by Gasteiger charge is 1.99. The fourth-order valence-electron chi connectivity index (χ4n) is 0.984. The van der Waals surface area contributed by atoms with Gasteiger partial charge in [-0.2, -0.15) is 0 Å². The SMILES string of the molecule is Cc1cccc(NN)c(=O)c1C. The lowest BCUT2D eigenvalue weighted by molar-refractivity contribution is 1.29. The molecule has 0 aliphatic carbocycles. The molecule has 0 atom stereocenters. The number of anilines is 1. The summed E-state index contributed by atoms with van der Waals surface area (Å²) in [4.78, 5) is 11.5. The van der Waals surface area contributed by atoms with E-state index in [0.717, 1.165) is 11.1 Å². The Hall–Kier alpha value is -1.35. The number of hydrogen-bond donors (Lipinski definition) is 2. The summed E-state index contributed by atoms with van der Waals surface area (Å²) in [5, 5.41) is 0. The van der Waals surface area contributed by atoms with Crippen molar-refractivity contribution in [1.82, 2.24) is 0 Å². The van der Waals surface area contributed by atoms with Gasteiger partial charge in [-0.1, -0.05) is 12.1 Å². The monoisotopic (exact) mass is 164 g/mol. The van der Waals surface area contributed by atoms with E-state index in [-0.39, 0.29) is 5.43 Å². The number of hydrazine groups is 1. The van der Waals surface area contributed by atoms with Crippen LogP contribution in [0.3, 0.4) is 0 Å². The van der Waals surface area contributed by atoms with Gasteiger partial charge in [-0.15, -0.1) is 0 Å². The Bertz CT molecular complexity index is 347. The van der Waals surface area contributed by atoms with E-state index in [1.54, 1.807) is 19.1 Å². The number of nitrogen functional groups attached to an aromatic ring is 1. The molecule has 0 saturated carbocycles. The van der Waals surface area contributed by atoms with Crippen molar-refractivity contribution in [2.45, 2.75) is 13.8 Å². The van der Waals surface area contributed by atoms with E-state index in [9.17, 15) is 4.79 Å². The van der Waals surface area contributed by atoms with Crippen LogP contribution in [0.1, 0.15) is 11.1 Å². The van der Waals surface area contributed by atoms with E-state index in [1.165, 1.54) is 0 Å². The van der Waals surface area contributed by atoms with Crippen LogP contribution in [-0.2, 0) is 0 Å². The van der Waals surface area contributed by atoms with Crippen molar-refractivity contribution in [2.24, 2.45) is 5.84 Å². The summed E-state index contributed by atoms with van der Waals surface area (Å²) < 4.78 is 0. The van der Waals surface area contributed by atoms with Crippen LogP contribution in [0.2, 0.25) is 0 Å². The van der Waals surface area contributed by atoms with Crippen molar-refractivity contribution in [1.29, 1.82) is 0 Å². The Balaban J connectivity index is 3.52. The van der Waals surface area contributed by atoms with E-state index in [4.69, 9.17) is 5.84 Å². The van der Waals surface area contributed by atoms with Gasteiger partial charge in [-0.05, 0) is 25.5 Å². The maximum atomic E-state index is 11.5. The maximum Gasteiger partial charge on any atom is 0.206 e. The van der Waals surface area contributed by atoms with Crippen LogP contribution in [0.5, 0.6) is 0 Å². The zero-order valence-corrected chi connectivity index (χ0v) is 7.22. The summed E-state index contributed by atoms with van der Waals surface area (Å²) in [6, 6.07) is 5.36. The molecule has 1 rings (SSSR count). The van der Waals surface area contributed by atoms with Crippen LogP contribution < -0.4 is 16.7 Å². The quantitative estimate of drug-likeness (QED) is 0.480. The minimum Gasteiger partial charge on any atom is -0.321 e. The van der Waals surface area contributed by atoms with Gasteiger partial charge in [-0.3, -0.25) is 10.6 Å². The lowest BCUT2D eigenvalue weighted by Gasteiger charge is -1.94. The molecule has 3 heteroatoms. The van der Waals surface area contributed by atoms with E-state index >= 15 is 0 Å². The van der Waals surface area contributed by atoms with Crippen LogP contribution in [0.25, 0.3) is 0 Å². The van der Waals surface area contributed by atoms with Gasteiger partial charge in [0.1, 0.15) is 0 Å². The molecule has 1 aromatic carbocycles. The lowest BCUT2D eigenvalue weighted by atomic mass is 10.2. The standard InChI is InChI=1S/C9H12N2O/c1-6-4-3-5-8(11-10)9(12)7(6)2/h3-5H,10H2,1-2H3,(H,11,12). The van der Waals surface area contributed by atoms with Crippen molar-refractivity contribution in [3.63, 3.8) is 0 Å². The first-order valence-corrected chi connectivity index (χ1v) is 3.74. The highest BCUT2D eigenvalue weighted by atomic mass is 16.1. The molecule has 3 nitrogen and oxygen atoms in total. The molecular formula is C9H12N2O. The Kier molecular flexibility index (Phi) is 2.45. The molecule has 0 saturated heterocycles. The first-order valence-electron chi connectivity index (χ1n) is 3.74. The number of aryl methyl sites for hydroxylation is 1. The second kappa shape index (κ2) is 3.36. The van der Waals surface area contributed by atoms with Gasteiger partial charge in [0.25, 0.3) is 0 Å². The fraction of sp³-hybridized carbons (Fsp3) is 0.222. The third-order valence-electron chi connectivity index (χ3n) is 1.94. The lowest BCUT2D eigenvalue weighted by Crippen LogP contribution is -2.16. The second-order valence-electron chi connectivity index (χ2n) is 2.72. The zero-order valence-electron chi connectivity index (χ0n) is 7.22. The molecule has 0 radical (unpaired) electrons. The van der Waals surface area contributed by atoms with Gasteiger partial charge in [-0.25, -0.2) is 0 Å². The highest BCUT2D eigenvalue weighted by Crippen LogP contribution is 2.03. The summed E-state index contributed by atoms with van der Waals surface area (Å²) in [7, 11) is 0. The molecule has 0 spiro atoms. The van der Waals surface area contributed by atoms with Gasteiger partial charge in [0.15, 0.2) is 0 Å². The maximum absolute atomic E-state index is 11.5. The molecule has 0 unspecified atom stereocenters. The summed E-state index contributed by atoms with van der Waals surface area (Å²) in [5.41, 5.74) is 4.46. The number of hydrogen-bond acceptors (Lipinski definition) is 3. The summed E-state index contributed by atoms with van der Waals surface area (Å²) >= 11 is 0. The van der Waals surface area contributed by atoms with Crippen molar-refractivity contribution in [2.75, 3.05) is 5.43 Å². The second-order valence-corrected chi connectivity index (χ2v) is 2.72. The van der Waals surface area contributed by atoms with Crippen LogP contribution in [0, 0.1) is 13.8 Å². The van der Waals surface area contributed by atoms with Gasteiger partial charge < -0.3 is 5.43 Å². The zero-order chi connectivity index (χ0) is 9.14. The van der Waals surface area contributed by atoms with E-state index < -0.39 is 0 Å². The predicted molar refractivity (Wildman–Crippen MR) is 50.0 cm³/mol. The number of nitrogens with one attached hydrogen (secondary N) is 1. The van der Waals surface area contributed by atoms with E-state index in [2.05, 4.69) is 5.43 Å². The Morgan fingerprint density at radius 2 is 2.00 bits per heavy atom. The number of rotatable bonds is 1. The molecule has 0 fully saturated rings. The normalized spacial score (nSPS) is 9.58. The molecule has 0 bridgehead atoms. The predicted octanol–water partition coefficient (Wildman–Crippen LogP) is 0.949. The molecule has 12 heavy (non-hydrogen) atoms. The Morgan fingerprint density at radius 3 is 2.58 bits per heavy atom. The molecule has 3 N–H and O–H groups in total. The first-order chi connectivity index (χ1) is 5.66. The first kappa shape index (κ1) is 8.74. The van der Waals surface area contributed by atoms with Gasteiger partial charge in [0.2, 0.25) is 5.43 Å². The van der Waals surface area contributed by atoms with E-state index in [1.807, 2.05) is 13.0 Å². The summed E-state index contributed by atoms with van der Waals surface area (Å²) in [6.45, 7) is 3.69. The molecule has 0 aromatic heterocycles. The molecule has 0 heterocycles. The van der Waals surface area contributed by atoms with Crippen molar-refractivity contribution < 1.29 is 0 Å². The fourth-order valence-corrected chi connectivity index (χ4v) is 0.984. The van der Waals surface area contributed by atoms with Crippen molar-refractivity contribution in [3.8, 4) is 0 Å². The van der Waals surface area contributed by atoms with Crippen LogP contribution >= 0.6 is 0 Å². The Labute approximate surface area is 71.2 Å². The Morgan fingerprint density at radius 1 is 1.33 bits per heavy atom. The topological polar surface area (TPSA) is 55.1 Å². The molecule has 0 amide bonds. The largest absolute Gasteiger partial charge is 0.321 e. The average Bonchev–Trinajstić information content (AvgIpc) is 2.19. The smallest absolute Gasteiger partial charge is 0.206 e. The van der Waals surface area contributed by atoms with Crippen LogP contribution in [0.15, 0.2) is 23.0 Å². The summed E-state index contributed by atoms with van der Waals surface area (Å²) in [6.07, 6.45) is 0. The van der Waals surface area contributed by atoms with Crippen molar-refractivity contribution >= 4 is 5.69 Å². The van der Waals surface area contributed by atoms with Crippen LogP contribution in [-0.4, -0.2) is 0 Å². The minimum absolute atomic E-state index is 0.0417. The number of nitrogens with two attached hydrogens (primary N) is 1.